The number of nitrogens with zero attached hydrogens (tertiary/aromatic N) is 2. The van der Waals surface area contributed by atoms with E-state index in [2.05, 4.69) is 10.5 Å². The van der Waals surface area contributed by atoms with Crippen molar-refractivity contribution in [2.45, 2.75) is 39.3 Å². The van der Waals surface area contributed by atoms with Crippen LogP contribution in [0.2, 0.25) is 0 Å². The van der Waals surface area contributed by atoms with Gasteiger partial charge >= 0.3 is 0 Å². The van der Waals surface area contributed by atoms with Crippen molar-refractivity contribution in [3.05, 3.63) is 17.0 Å². The Bertz CT molecular complexity index is 394. The van der Waals surface area contributed by atoms with Gasteiger partial charge < -0.3 is 14.7 Å². The van der Waals surface area contributed by atoms with Gasteiger partial charge in [-0.3, -0.25) is 4.79 Å². The second-order valence-corrected chi connectivity index (χ2v) is 4.69. The lowest BCUT2D eigenvalue weighted by Crippen LogP contribution is -2.46. The number of amides is 1. The van der Waals surface area contributed by atoms with E-state index >= 15 is 0 Å². The van der Waals surface area contributed by atoms with Gasteiger partial charge in [0.05, 0.1) is 5.69 Å². The van der Waals surface area contributed by atoms with Gasteiger partial charge in [0.2, 0.25) is 5.91 Å². The van der Waals surface area contributed by atoms with Gasteiger partial charge in [0.25, 0.3) is 0 Å². The number of piperidine rings is 1. The summed E-state index contributed by atoms with van der Waals surface area (Å²) in [6.07, 6.45) is 1.54. The summed E-state index contributed by atoms with van der Waals surface area (Å²) in [7, 11) is 1.85. The van der Waals surface area contributed by atoms with Crippen molar-refractivity contribution in [2.75, 3.05) is 13.6 Å². The van der Waals surface area contributed by atoms with Crippen LogP contribution in [0.4, 0.5) is 0 Å². The molecule has 2 heterocycles. The molecule has 17 heavy (non-hydrogen) atoms. The molecule has 1 amide bonds. The maximum atomic E-state index is 11.4. The van der Waals surface area contributed by atoms with Crippen molar-refractivity contribution >= 4 is 5.91 Å². The third kappa shape index (κ3) is 2.66. The van der Waals surface area contributed by atoms with Gasteiger partial charge in [0, 0.05) is 38.2 Å². The van der Waals surface area contributed by atoms with Crippen molar-refractivity contribution < 1.29 is 9.32 Å². The van der Waals surface area contributed by atoms with Gasteiger partial charge in [0.1, 0.15) is 5.76 Å². The first-order valence-corrected chi connectivity index (χ1v) is 5.97. The molecule has 1 saturated heterocycles. The minimum atomic E-state index is 0.236. The predicted molar refractivity (Wildman–Crippen MR) is 63.5 cm³/mol. The monoisotopic (exact) mass is 237 g/mol. The van der Waals surface area contributed by atoms with E-state index in [1.165, 1.54) is 0 Å². The number of nitrogens with one attached hydrogen (secondary N) is 1. The molecule has 1 aromatic heterocycles. The zero-order valence-electron chi connectivity index (χ0n) is 10.6. The van der Waals surface area contributed by atoms with E-state index in [0.717, 1.165) is 36.5 Å². The summed E-state index contributed by atoms with van der Waals surface area (Å²) >= 11 is 0. The molecule has 1 unspecified atom stereocenters. The molecule has 0 aromatic carbocycles. The summed E-state index contributed by atoms with van der Waals surface area (Å²) in [5, 5.41) is 7.39. The van der Waals surface area contributed by atoms with Gasteiger partial charge in [0.15, 0.2) is 0 Å². The average Bonchev–Trinajstić information content (AvgIpc) is 2.61. The molecule has 5 heteroatoms. The summed E-state index contributed by atoms with van der Waals surface area (Å²) in [6, 6.07) is 0.367. The van der Waals surface area contributed by atoms with Crippen LogP contribution in [-0.4, -0.2) is 35.6 Å². The quantitative estimate of drug-likeness (QED) is 0.852. The maximum Gasteiger partial charge on any atom is 0.222 e. The molecular formula is C12H19N3O2. The highest BCUT2D eigenvalue weighted by molar-refractivity contribution is 5.76. The van der Waals surface area contributed by atoms with E-state index in [1.54, 1.807) is 4.90 Å². The molecule has 2 rings (SSSR count). The van der Waals surface area contributed by atoms with Crippen LogP contribution in [0.5, 0.6) is 0 Å². The lowest BCUT2D eigenvalue weighted by Gasteiger charge is -2.30. The number of likely N-dealkylation sites (N-methyl/N-ethyl adjacent to an activating group) is 1. The Morgan fingerprint density at radius 1 is 1.53 bits per heavy atom. The Kier molecular flexibility index (Phi) is 3.47. The zero-order chi connectivity index (χ0) is 12.4. The van der Waals surface area contributed by atoms with Crippen molar-refractivity contribution in [3.8, 4) is 0 Å². The predicted octanol–water partition coefficient (Wildman–Crippen LogP) is 1.00. The summed E-state index contributed by atoms with van der Waals surface area (Å²) < 4.78 is 5.12. The van der Waals surface area contributed by atoms with E-state index in [0.29, 0.717) is 12.5 Å². The smallest absolute Gasteiger partial charge is 0.222 e. The molecule has 1 fully saturated rings. The molecule has 1 aliphatic rings. The summed E-state index contributed by atoms with van der Waals surface area (Å²) in [5.41, 5.74) is 2.07. The van der Waals surface area contributed by atoms with Crippen LogP contribution in [0.1, 0.15) is 29.9 Å². The fraction of sp³-hybridized carbons (Fsp3) is 0.667. The Morgan fingerprint density at radius 3 is 2.88 bits per heavy atom. The minimum absolute atomic E-state index is 0.236. The highest BCUT2D eigenvalue weighted by Gasteiger charge is 2.22. The largest absolute Gasteiger partial charge is 0.361 e. The molecule has 0 spiro atoms. The topological polar surface area (TPSA) is 58.4 Å². The van der Waals surface area contributed by atoms with Gasteiger partial charge in [-0.05, 0) is 20.3 Å². The first kappa shape index (κ1) is 12.1. The molecule has 1 N–H and O–H groups in total. The molecule has 0 radical (unpaired) electrons. The van der Waals surface area contributed by atoms with Crippen molar-refractivity contribution in [1.82, 2.24) is 15.4 Å². The Morgan fingerprint density at radius 2 is 2.29 bits per heavy atom. The van der Waals surface area contributed by atoms with E-state index in [4.69, 9.17) is 4.52 Å². The SMILES string of the molecule is Cc1noc(C)c1CNC1CCC(=O)N(C)C1. The summed E-state index contributed by atoms with van der Waals surface area (Å²) in [4.78, 5) is 13.1. The zero-order valence-corrected chi connectivity index (χ0v) is 10.6. The lowest BCUT2D eigenvalue weighted by atomic mass is 10.1. The normalized spacial score (nSPS) is 21.0. The third-order valence-corrected chi connectivity index (χ3v) is 3.38. The molecule has 0 aliphatic carbocycles. The first-order chi connectivity index (χ1) is 8.08. The highest BCUT2D eigenvalue weighted by atomic mass is 16.5. The van der Waals surface area contributed by atoms with Gasteiger partial charge in [-0.1, -0.05) is 5.16 Å². The number of hydrogen-bond donors (Lipinski definition) is 1. The average molecular weight is 237 g/mol. The number of aryl methyl sites for hydroxylation is 2. The van der Waals surface area contributed by atoms with E-state index in [9.17, 15) is 4.79 Å². The second-order valence-electron chi connectivity index (χ2n) is 4.69. The molecule has 0 saturated carbocycles. The number of carbonyl (C=O) groups is 1. The van der Waals surface area contributed by atoms with E-state index < -0.39 is 0 Å². The van der Waals surface area contributed by atoms with Crippen LogP contribution in [0.3, 0.4) is 0 Å². The molecule has 5 nitrogen and oxygen atoms in total. The molecule has 0 bridgehead atoms. The number of likely N-dealkylation sites (tertiary alicyclic amines) is 1. The van der Waals surface area contributed by atoms with Crippen LogP contribution < -0.4 is 5.32 Å². The molecular weight excluding hydrogens is 218 g/mol. The molecule has 1 aliphatic heterocycles. The van der Waals surface area contributed by atoms with Gasteiger partial charge in [-0.15, -0.1) is 0 Å². The van der Waals surface area contributed by atoms with Crippen LogP contribution in [0.15, 0.2) is 4.52 Å². The number of rotatable bonds is 3. The van der Waals surface area contributed by atoms with Crippen LogP contribution in [0.25, 0.3) is 0 Å². The second kappa shape index (κ2) is 4.87. The van der Waals surface area contributed by atoms with Gasteiger partial charge in [-0.25, -0.2) is 0 Å². The van der Waals surface area contributed by atoms with Crippen LogP contribution >= 0.6 is 0 Å². The highest BCUT2D eigenvalue weighted by Crippen LogP contribution is 2.14. The third-order valence-electron chi connectivity index (χ3n) is 3.38. The van der Waals surface area contributed by atoms with E-state index in [1.807, 2.05) is 20.9 Å². The molecule has 1 aromatic rings. The maximum absolute atomic E-state index is 11.4. The molecule has 94 valence electrons. The van der Waals surface area contributed by atoms with Crippen LogP contribution in [-0.2, 0) is 11.3 Å². The summed E-state index contributed by atoms with van der Waals surface area (Å²) in [6.45, 7) is 5.41. The number of hydrogen-bond acceptors (Lipinski definition) is 4. The Labute approximate surface area is 101 Å². The molecule has 1 atom stereocenters. The van der Waals surface area contributed by atoms with Crippen molar-refractivity contribution in [2.24, 2.45) is 0 Å². The fourth-order valence-corrected chi connectivity index (χ4v) is 2.18. The van der Waals surface area contributed by atoms with E-state index in [-0.39, 0.29) is 5.91 Å². The summed E-state index contributed by atoms with van der Waals surface area (Å²) in [5.74, 6) is 1.11. The Balaban J connectivity index is 1.89. The lowest BCUT2D eigenvalue weighted by molar-refractivity contribution is -0.132. The fourth-order valence-electron chi connectivity index (χ4n) is 2.18. The van der Waals surface area contributed by atoms with Crippen molar-refractivity contribution in [3.63, 3.8) is 0 Å². The van der Waals surface area contributed by atoms with Gasteiger partial charge in [-0.2, -0.15) is 0 Å². The standard InChI is InChI=1S/C12H19N3O2/c1-8-11(9(2)17-14-8)6-13-10-4-5-12(16)15(3)7-10/h10,13H,4-7H2,1-3H3. The minimum Gasteiger partial charge on any atom is -0.361 e. The van der Waals surface area contributed by atoms with Crippen molar-refractivity contribution in [1.29, 1.82) is 0 Å². The van der Waals surface area contributed by atoms with Crippen LogP contribution in [0, 0.1) is 13.8 Å². The Hall–Kier alpha value is -1.36. The number of carbonyl (C=O) groups excluding carboxylic acids is 1. The first-order valence-electron chi connectivity index (χ1n) is 5.97. The number of aromatic nitrogens is 1.